The second-order valence-electron chi connectivity index (χ2n) is 22.3. The van der Waals surface area contributed by atoms with Crippen LogP contribution in [0.15, 0.2) is 66.9 Å². The number of halogens is 2. The molecule has 1 aromatic heterocycles. The fraction of sp³-hybridized carbons (Fsp3) is 0.552. The van der Waals surface area contributed by atoms with Crippen molar-refractivity contribution >= 4 is 53.2 Å². The van der Waals surface area contributed by atoms with E-state index in [1.807, 2.05) is 51.1 Å². The molecule has 23 heteroatoms. The molecule has 0 spiro atoms. The van der Waals surface area contributed by atoms with Crippen molar-refractivity contribution in [3.63, 3.8) is 0 Å². The highest BCUT2D eigenvalue weighted by Gasteiger charge is 2.40. The van der Waals surface area contributed by atoms with Crippen molar-refractivity contribution < 1.29 is 62.1 Å². The highest BCUT2D eigenvalue weighted by Crippen LogP contribution is 2.40. The molecular formula is C58H80F2N10O11. The van der Waals surface area contributed by atoms with Gasteiger partial charge >= 0.3 is 5.97 Å². The quantitative estimate of drug-likeness (QED) is 0.0334. The van der Waals surface area contributed by atoms with Gasteiger partial charge in [0.1, 0.15) is 36.1 Å². The van der Waals surface area contributed by atoms with Gasteiger partial charge in [-0.3, -0.25) is 48.1 Å². The van der Waals surface area contributed by atoms with Crippen molar-refractivity contribution in [1.82, 2.24) is 45.9 Å². The Balaban J connectivity index is 1.07. The first kappa shape index (κ1) is 64.4. The van der Waals surface area contributed by atoms with Gasteiger partial charge in [-0.25, -0.2) is 13.8 Å². The Morgan fingerprint density at radius 1 is 0.852 bits per heavy atom. The Kier molecular flexibility index (Phi) is 24.2. The van der Waals surface area contributed by atoms with Gasteiger partial charge < -0.3 is 52.0 Å². The first-order valence-corrected chi connectivity index (χ1v) is 27.8. The van der Waals surface area contributed by atoms with E-state index in [0.717, 1.165) is 28.7 Å². The van der Waals surface area contributed by atoms with Gasteiger partial charge in [0, 0.05) is 69.1 Å². The van der Waals surface area contributed by atoms with Crippen LogP contribution in [0.1, 0.15) is 130 Å². The number of aromatic nitrogens is 2. The van der Waals surface area contributed by atoms with Crippen LogP contribution in [-0.2, 0) is 49.7 Å². The molecule has 1 aliphatic heterocycles. The van der Waals surface area contributed by atoms with Crippen molar-refractivity contribution in [2.24, 2.45) is 28.9 Å². The van der Waals surface area contributed by atoms with E-state index in [1.165, 1.54) is 24.0 Å². The minimum absolute atomic E-state index is 0.0474. The first-order chi connectivity index (χ1) is 38.4. The van der Waals surface area contributed by atoms with Crippen molar-refractivity contribution in [1.29, 1.82) is 0 Å². The topological polar surface area (TPSA) is 305 Å². The molecule has 1 fully saturated rings. The number of benzene rings is 2. The molecule has 0 radical (unpaired) electrons. The minimum Gasteiger partial charge on any atom is -0.481 e. The number of unbranched alkanes of at least 4 members (excludes halogenated alkanes) is 3. The monoisotopic (exact) mass is 1130 g/mol. The number of amides is 8. The Labute approximate surface area is 471 Å². The van der Waals surface area contributed by atoms with Crippen LogP contribution in [0.25, 0.3) is 11.3 Å². The largest absolute Gasteiger partial charge is 0.481 e. The standard InChI is InChI=1S/C58H80F2N10O11/c1-35(2)50(67-46(72)21-11-8-14-28-69-47(73)24-25-48(69)74)56(79)64-36(3)53(76)63-31-38(57(80)81)18-12-13-27-62-54(77)40-19-15-20-44(40)66-55(78)43(61)26-29-70(49(75)34-71)51(58(4,5)6)52-65-45(41-30-39(59)22-23-42(41)60)33-68(52)32-37-16-9-7-10-17-37/h7,9-10,16-17,22-25,30,33,35-36,38,40,43-44,50-51,71H,8,11-15,18-21,26-29,31-32,34,61H2,1-6H3,(H,62,77)(H,63,76)(H,64,79)(H,66,78)(H,67,72)(H,80,81)/t36-,38+,40+,43-,44-,50-,51-/m0/s1. The maximum Gasteiger partial charge on any atom is 0.308 e. The van der Waals surface area contributed by atoms with Gasteiger partial charge in [-0.15, -0.1) is 0 Å². The third-order valence-corrected chi connectivity index (χ3v) is 14.6. The number of carbonyl (C=O) groups is 9. The van der Waals surface area contributed by atoms with Crippen LogP contribution in [0.3, 0.4) is 0 Å². The Morgan fingerprint density at radius 2 is 1.56 bits per heavy atom. The highest BCUT2D eigenvalue weighted by atomic mass is 19.1. The number of aliphatic carboxylic acids is 1. The number of carboxylic acids is 1. The predicted octanol–water partition coefficient (Wildman–Crippen LogP) is 4.02. The number of nitrogens with one attached hydrogen (secondary N) is 5. The zero-order valence-corrected chi connectivity index (χ0v) is 47.2. The highest BCUT2D eigenvalue weighted by molar-refractivity contribution is 6.12. The van der Waals surface area contributed by atoms with Gasteiger partial charge in [0.05, 0.1) is 29.6 Å². The maximum atomic E-state index is 15.2. The summed E-state index contributed by atoms with van der Waals surface area (Å²) in [6.07, 6.45) is 8.27. The van der Waals surface area contributed by atoms with Gasteiger partial charge in [0.15, 0.2) is 0 Å². The molecule has 1 aliphatic carbocycles. The van der Waals surface area contributed by atoms with Crippen LogP contribution in [0.5, 0.6) is 0 Å². The Bertz CT molecular complexity index is 2710. The number of imide groups is 1. The van der Waals surface area contributed by atoms with E-state index in [-0.39, 0.29) is 92.8 Å². The number of hydrogen-bond donors (Lipinski definition) is 8. The van der Waals surface area contributed by atoms with Crippen molar-refractivity contribution in [3.8, 4) is 11.3 Å². The molecule has 1 saturated carbocycles. The van der Waals surface area contributed by atoms with Gasteiger partial charge in [-0.1, -0.05) is 84.2 Å². The van der Waals surface area contributed by atoms with E-state index in [0.29, 0.717) is 57.2 Å². The van der Waals surface area contributed by atoms with E-state index in [1.54, 1.807) is 24.6 Å². The second kappa shape index (κ2) is 30.4. The molecule has 81 heavy (non-hydrogen) atoms. The zero-order chi connectivity index (χ0) is 59.6. The summed E-state index contributed by atoms with van der Waals surface area (Å²) < 4.78 is 31.4. The third kappa shape index (κ3) is 18.8. The van der Waals surface area contributed by atoms with Crippen LogP contribution in [0.2, 0.25) is 0 Å². The number of hydrogen-bond acceptors (Lipinski definition) is 12. The van der Waals surface area contributed by atoms with Gasteiger partial charge in [0.2, 0.25) is 35.4 Å². The Morgan fingerprint density at radius 3 is 2.21 bits per heavy atom. The van der Waals surface area contributed by atoms with Gasteiger partial charge in [-0.2, -0.15) is 0 Å². The summed E-state index contributed by atoms with van der Waals surface area (Å²) in [7, 11) is 0. The number of aliphatic hydroxyl groups is 1. The molecule has 7 atom stereocenters. The molecular weight excluding hydrogens is 1050 g/mol. The molecule has 442 valence electrons. The number of imidazole rings is 1. The van der Waals surface area contributed by atoms with Crippen LogP contribution in [0, 0.1) is 34.8 Å². The summed E-state index contributed by atoms with van der Waals surface area (Å²) in [5.41, 5.74) is 6.65. The summed E-state index contributed by atoms with van der Waals surface area (Å²) in [4.78, 5) is 123. The number of carbonyl (C=O) groups excluding carboxylic acids is 8. The number of nitrogens with two attached hydrogens (primary N) is 1. The number of rotatable bonds is 31. The first-order valence-electron chi connectivity index (χ1n) is 27.8. The predicted molar refractivity (Wildman–Crippen MR) is 296 cm³/mol. The summed E-state index contributed by atoms with van der Waals surface area (Å²) in [6.45, 7) is 10.1. The Hall–Kier alpha value is -7.40. The van der Waals surface area contributed by atoms with Crippen molar-refractivity contribution in [2.75, 3.05) is 32.8 Å². The van der Waals surface area contributed by atoms with Gasteiger partial charge in [0.25, 0.3) is 11.8 Å². The van der Waals surface area contributed by atoms with Crippen LogP contribution in [-0.4, -0.2) is 140 Å². The molecule has 2 aromatic carbocycles. The average molecular weight is 1130 g/mol. The molecule has 2 heterocycles. The van der Waals surface area contributed by atoms with E-state index in [4.69, 9.17) is 10.7 Å². The molecule has 2 aliphatic rings. The zero-order valence-electron chi connectivity index (χ0n) is 47.2. The lowest BCUT2D eigenvalue weighted by Gasteiger charge is -2.40. The second-order valence-corrected chi connectivity index (χ2v) is 22.3. The number of aliphatic hydroxyl groups excluding tert-OH is 1. The maximum absolute atomic E-state index is 15.2. The molecule has 21 nitrogen and oxygen atoms in total. The van der Waals surface area contributed by atoms with Crippen molar-refractivity contribution in [3.05, 3.63) is 89.9 Å². The van der Waals surface area contributed by atoms with Gasteiger partial charge in [-0.05, 0) is 87.0 Å². The molecule has 9 N–H and O–H groups in total. The third-order valence-electron chi connectivity index (χ3n) is 14.6. The lowest BCUT2D eigenvalue weighted by atomic mass is 9.84. The summed E-state index contributed by atoms with van der Waals surface area (Å²) in [6, 6.07) is 7.89. The molecule has 5 rings (SSSR count). The lowest BCUT2D eigenvalue weighted by Crippen LogP contribution is -2.54. The van der Waals surface area contributed by atoms with E-state index < -0.39 is 95.3 Å². The molecule has 8 amide bonds. The molecule has 3 aromatic rings. The molecule has 0 unspecified atom stereocenters. The fourth-order valence-electron chi connectivity index (χ4n) is 10.1. The normalized spacial score (nSPS) is 17.0. The minimum atomic E-state index is -1.14. The van der Waals surface area contributed by atoms with Crippen LogP contribution < -0.4 is 32.3 Å². The smallest absolute Gasteiger partial charge is 0.308 e. The number of carboxylic acid groups (broad SMARTS) is 1. The van der Waals surface area contributed by atoms with Crippen LogP contribution >= 0.6 is 0 Å². The van der Waals surface area contributed by atoms with E-state index >= 15 is 4.39 Å². The summed E-state index contributed by atoms with van der Waals surface area (Å²) >= 11 is 0. The fourth-order valence-corrected chi connectivity index (χ4v) is 10.1. The van der Waals surface area contributed by atoms with Crippen LogP contribution in [0.4, 0.5) is 8.78 Å². The van der Waals surface area contributed by atoms with Crippen molar-refractivity contribution in [2.45, 2.75) is 149 Å². The molecule has 0 saturated heterocycles. The van der Waals surface area contributed by atoms with E-state index in [9.17, 15) is 57.8 Å². The number of nitrogens with zero attached hydrogens (tertiary/aromatic N) is 4. The SMILES string of the molecule is CC(C)[C@H](NC(=O)CCCCCN1C(=O)C=CC1=O)C(=O)N[C@@H](C)C(=O)NC[C@@H](CCCCNC(=O)[C@@H]1CCC[C@@H]1NC(=O)[C@@H](N)CCN(C(=O)CO)[C@@H](c1nc(-c2cc(F)ccc2F)cn1Cc1ccccc1)C(C)(C)C)C(=O)O. The lowest BCUT2D eigenvalue weighted by molar-refractivity contribution is -0.142. The van der Waals surface area contributed by atoms with E-state index in [2.05, 4.69) is 26.6 Å². The summed E-state index contributed by atoms with van der Waals surface area (Å²) in [5.74, 6) is -7.86. The summed E-state index contributed by atoms with van der Waals surface area (Å²) in [5, 5.41) is 33.9. The molecule has 0 bridgehead atoms. The average Bonchev–Trinajstić information content (AvgIpc) is 4.36.